The van der Waals surface area contributed by atoms with Crippen molar-refractivity contribution in [3.63, 3.8) is 0 Å². The number of hydrogen-bond acceptors (Lipinski definition) is 6. The highest BCUT2D eigenvalue weighted by molar-refractivity contribution is 7.99. The summed E-state index contributed by atoms with van der Waals surface area (Å²) < 4.78 is 7.14. The van der Waals surface area contributed by atoms with Crippen molar-refractivity contribution < 1.29 is 4.42 Å². The summed E-state index contributed by atoms with van der Waals surface area (Å²) in [5.41, 5.74) is 6.56. The third-order valence-electron chi connectivity index (χ3n) is 2.13. The molecule has 86 valence electrons. The average molecular weight is 239 g/mol. The molecule has 0 aliphatic carbocycles. The van der Waals surface area contributed by atoms with E-state index in [1.807, 2.05) is 17.8 Å². The van der Waals surface area contributed by atoms with Gasteiger partial charge in [-0.2, -0.15) is 5.10 Å². The first kappa shape index (κ1) is 11.2. The second-order valence-electron chi connectivity index (χ2n) is 3.21. The molecular formula is C9H13N5OS. The summed E-state index contributed by atoms with van der Waals surface area (Å²) in [6.45, 7) is 0.287. The van der Waals surface area contributed by atoms with E-state index in [0.29, 0.717) is 11.1 Å². The van der Waals surface area contributed by atoms with Gasteiger partial charge in [0.1, 0.15) is 0 Å². The molecule has 0 aliphatic rings. The summed E-state index contributed by atoms with van der Waals surface area (Å²) in [6.07, 6.45) is 2.71. The van der Waals surface area contributed by atoms with Crippen LogP contribution in [0.4, 0.5) is 0 Å². The molecule has 0 unspecified atom stereocenters. The van der Waals surface area contributed by atoms with Gasteiger partial charge in [0.05, 0.1) is 6.54 Å². The van der Waals surface area contributed by atoms with Crippen molar-refractivity contribution in [1.29, 1.82) is 0 Å². The lowest BCUT2D eigenvalue weighted by Gasteiger charge is -1.99. The zero-order valence-electron chi connectivity index (χ0n) is 8.96. The van der Waals surface area contributed by atoms with Crippen molar-refractivity contribution in [2.75, 3.05) is 5.75 Å². The lowest BCUT2D eigenvalue weighted by molar-refractivity contribution is 0.415. The van der Waals surface area contributed by atoms with Gasteiger partial charge in [-0.15, -0.1) is 10.2 Å². The van der Waals surface area contributed by atoms with Crippen molar-refractivity contribution in [1.82, 2.24) is 20.0 Å². The molecule has 2 rings (SSSR count). The van der Waals surface area contributed by atoms with Crippen LogP contribution in [0.1, 0.15) is 11.6 Å². The van der Waals surface area contributed by atoms with Gasteiger partial charge in [0.15, 0.2) is 0 Å². The Labute approximate surface area is 97.2 Å². The van der Waals surface area contributed by atoms with E-state index in [1.54, 1.807) is 6.20 Å². The molecule has 0 aliphatic heterocycles. The zero-order chi connectivity index (χ0) is 11.4. The van der Waals surface area contributed by atoms with Crippen molar-refractivity contribution in [2.24, 2.45) is 12.8 Å². The fourth-order valence-electron chi connectivity index (χ4n) is 1.27. The van der Waals surface area contributed by atoms with E-state index in [-0.39, 0.29) is 6.54 Å². The Kier molecular flexibility index (Phi) is 3.58. The number of hydrogen-bond donors (Lipinski definition) is 1. The zero-order valence-corrected chi connectivity index (χ0v) is 9.78. The fourth-order valence-corrected chi connectivity index (χ4v) is 2.01. The summed E-state index contributed by atoms with van der Waals surface area (Å²) in [5, 5.41) is 12.3. The first-order valence-corrected chi connectivity index (χ1v) is 5.90. The van der Waals surface area contributed by atoms with Gasteiger partial charge in [0, 0.05) is 24.7 Å². The maximum Gasteiger partial charge on any atom is 0.276 e. The number of aryl methyl sites for hydroxylation is 2. The van der Waals surface area contributed by atoms with Crippen molar-refractivity contribution >= 4 is 11.8 Å². The van der Waals surface area contributed by atoms with Crippen LogP contribution in [0.25, 0.3) is 0 Å². The predicted molar refractivity (Wildman–Crippen MR) is 59.8 cm³/mol. The summed E-state index contributed by atoms with van der Waals surface area (Å²) >= 11 is 1.53. The molecule has 0 atom stereocenters. The molecule has 2 aromatic heterocycles. The number of thioether (sulfide) groups is 1. The van der Waals surface area contributed by atoms with Crippen LogP contribution in [0, 0.1) is 0 Å². The monoisotopic (exact) mass is 239 g/mol. The van der Waals surface area contributed by atoms with E-state index in [0.717, 1.165) is 12.2 Å². The molecule has 0 fully saturated rings. The maximum absolute atomic E-state index is 5.37. The van der Waals surface area contributed by atoms with Gasteiger partial charge in [0.25, 0.3) is 5.22 Å². The van der Waals surface area contributed by atoms with Gasteiger partial charge in [-0.25, -0.2) is 0 Å². The van der Waals surface area contributed by atoms with Crippen molar-refractivity contribution in [2.45, 2.75) is 18.2 Å². The first-order chi connectivity index (χ1) is 7.79. The lowest BCUT2D eigenvalue weighted by atomic mass is 10.3. The smallest absolute Gasteiger partial charge is 0.276 e. The van der Waals surface area contributed by atoms with Crippen LogP contribution in [-0.2, 0) is 20.0 Å². The van der Waals surface area contributed by atoms with Crippen LogP contribution in [0.2, 0.25) is 0 Å². The van der Waals surface area contributed by atoms with Gasteiger partial charge in [-0.05, 0) is 12.5 Å². The minimum atomic E-state index is 0.287. The maximum atomic E-state index is 5.37. The molecule has 0 saturated heterocycles. The van der Waals surface area contributed by atoms with Gasteiger partial charge >= 0.3 is 0 Å². The number of aromatic nitrogens is 4. The molecule has 0 spiro atoms. The van der Waals surface area contributed by atoms with Crippen LogP contribution in [0.15, 0.2) is 21.9 Å². The van der Waals surface area contributed by atoms with Gasteiger partial charge < -0.3 is 10.2 Å². The fraction of sp³-hybridized carbons (Fsp3) is 0.444. The predicted octanol–water partition coefficient (Wildman–Crippen LogP) is 0.597. The summed E-state index contributed by atoms with van der Waals surface area (Å²) in [7, 11) is 1.93. The van der Waals surface area contributed by atoms with Crippen LogP contribution in [-0.4, -0.2) is 25.7 Å². The van der Waals surface area contributed by atoms with Crippen LogP contribution >= 0.6 is 11.8 Å². The quantitative estimate of drug-likeness (QED) is 0.769. The molecule has 0 radical (unpaired) electrons. The largest absolute Gasteiger partial charge is 0.415 e. The van der Waals surface area contributed by atoms with Gasteiger partial charge in [-0.1, -0.05) is 11.8 Å². The molecule has 16 heavy (non-hydrogen) atoms. The number of nitrogens with zero attached hydrogens (tertiary/aromatic N) is 4. The molecule has 6 nitrogen and oxygen atoms in total. The van der Waals surface area contributed by atoms with Crippen molar-refractivity contribution in [3.8, 4) is 0 Å². The van der Waals surface area contributed by atoms with Crippen LogP contribution in [0.3, 0.4) is 0 Å². The van der Waals surface area contributed by atoms with Crippen molar-refractivity contribution in [3.05, 3.63) is 23.8 Å². The van der Waals surface area contributed by atoms with E-state index in [1.165, 1.54) is 17.5 Å². The average Bonchev–Trinajstić information content (AvgIpc) is 2.89. The van der Waals surface area contributed by atoms with E-state index in [9.17, 15) is 0 Å². The van der Waals surface area contributed by atoms with E-state index in [2.05, 4.69) is 15.3 Å². The normalized spacial score (nSPS) is 10.9. The number of nitrogens with two attached hydrogens (primary N) is 1. The molecule has 7 heteroatoms. The van der Waals surface area contributed by atoms with Crippen LogP contribution < -0.4 is 5.73 Å². The van der Waals surface area contributed by atoms with Gasteiger partial charge in [-0.3, -0.25) is 4.68 Å². The standard InChI is InChI=1S/C9H13N5OS/c1-14-7(2-4-11-14)3-5-16-9-13-12-8(6-10)15-9/h2,4H,3,5-6,10H2,1H3. The molecule has 2 heterocycles. The Morgan fingerprint density at radius 1 is 1.50 bits per heavy atom. The highest BCUT2D eigenvalue weighted by Crippen LogP contribution is 2.17. The Balaban J connectivity index is 1.82. The summed E-state index contributed by atoms with van der Waals surface area (Å²) in [4.78, 5) is 0. The Hall–Kier alpha value is -1.34. The molecule has 2 N–H and O–H groups in total. The van der Waals surface area contributed by atoms with Gasteiger partial charge in [0.2, 0.25) is 5.89 Å². The van der Waals surface area contributed by atoms with E-state index in [4.69, 9.17) is 10.2 Å². The third-order valence-corrected chi connectivity index (χ3v) is 2.95. The SMILES string of the molecule is Cn1nccc1CCSc1nnc(CN)o1. The highest BCUT2D eigenvalue weighted by Gasteiger charge is 2.05. The minimum absolute atomic E-state index is 0.287. The second-order valence-corrected chi connectivity index (χ2v) is 4.26. The summed E-state index contributed by atoms with van der Waals surface area (Å²) in [6, 6.07) is 2.00. The number of rotatable bonds is 5. The molecule has 2 aromatic rings. The van der Waals surface area contributed by atoms with E-state index < -0.39 is 0 Å². The summed E-state index contributed by atoms with van der Waals surface area (Å²) in [5.74, 6) is 1.36. The Bertz CT molecular complexity index is 452. The lowest BCUT2D eigenvalue weighted by Crippen LogP contribution is -1.99. The second kappa shape index (κ2) is 5.13. The molecule has 0 saturated carbocycles. The molecular weight excluding hydrogens is 226 g/mol. The Morgan fingerprint density at radius 3 is 3.00 bits per heavy atom. The first-order valence-electron chi connectivity index (χ1n) is 4.91. The minimum Gasteiger partial charge on any atom is -0.415 e. The third kappa shape index (κ3) is 2.61. The van der Waals surface area contributed by atoms with Crippen LogP contribution in [0.5, 0.6) is 0 Å². The molecule has 0 amide bonds. The molecule has 0 aromatic carbocycles. The van der Waals surface area contributed by atoms with E-state index >= 15 is 0 Å². The Morgan fingerprint density at radius 2 is 2.38 bits per heavy atom. The topological polar surface area (TPSA) is 82.8 Å². The molecule has 0 bridgehead atoms. The highest BCUT2D eigenvalue weighted by atomic mass is 32.2.